The molecule has 1 rings (SSSR count). The third-order valence-electron chi connectivity index (χ3n) is 1.83. The van der Waals surface area contributed by atoms with Gasteiger partial charge in [0, 0.05) is 18.3 Å². The van der Waals surface area contributed by atoms with Crippen LogP contribution in [0.3, 0.4) is 0 Å². The van der Waals surface area contributed by atoms with Crippen LogP contribution in [-0.2, 0) is 0 Å². The lowest BCUT2D eigenvalue weighted by Gasteiger charge is -2.24. The summed E-state index contributed by atoms with van der Waals surface area (Å²) in [5.74, 6) is -0.291. The molecule has 0 bridgehead atoms. The first-order valence-electron chi connectivity index (χ1n) is 4.39. The summed E-state index contributed by atoms with van der Waals surface area (Å²) in [7, 11) is 0. The number of anilines is 1. The highest BCUT2D eigenvalue weighted by Crippen LogP contribution is 2.23. The maximum atomic E-state index is 13.3. The minimum atomic E-state index is -0.572. The van der Waals surface area contributed by atoms with Crippen LogP contribution in [0.5, 0.6) is 5.75 Å². The Morgan fingerprint density at radius 2 is 2.07 bits per heavy atom. The second kappa shape index (κ2) is 3.84. The molecule has 0 atom stereocenters. The maximum Gasteiger partial charge on any atom is 0.167 e. The molecule has 0 aliphatic rings. The molecule has 0 heterocycles. The first kappa shape index (κ1) is 10.8. The van der Waals surface area contributed by atoms with Gasteiger partial charge in [0.05, 0.1) is 0 Å². The van der Waals surface area contributed by atoms with Gasteiger partial charge in [0.15, 0.2) is 11.6 Å². The number of ether oxygens (including phenoxy) is 1. The van der Waals surface area contributed by atoms with Crippen LogP contribution in [0.2, 0.25) is 0 Å². The predicted octanol–water partition coefficient (Wildman–Crippen LogP) is 1.52. The molecular weight excluding hydrogens is 183 g/mol. The molecule has 0 amide bonds. The number of nitrogen functional groups attached to an aromatic ring is 1. The van der Waals surface area contributed by atoms with E-state index in [0.29, 0.717) is 12.2 Å². The van der Waals surface area contributed by atoms with Gasteiger partial charge in [0.25, 0.3) is 0 Å². The summed E-state index contributed by atoms with van der Waals surface area (Å²) in [4.78, 5) is 0. The van der Waals surface area contributed by atoms with Gasteiger partial charge in [0.2, 0.25) is 0 Å². The smallest absolute Gasteiger partial charge is 0.167 e. The molecule has 0 unspecified atom stereocenters. The Balaban J connectivity index is 2.87. The topological polar surface area (TPSA) is 61.3 Å². The highest BCUT2D eigenvalue weighted by atomic mass is 19.1. The van der Waals surface area contributed by atoms with E-state index in [9.17, 15) is 4.39 Å². The lowest BCUT2D eigenvalue weighted by atomic mass is 10.1. The second-order valence-corrected chi connectivity index (χ2v) is 3.76. The van der Waals surface area contributed by atoms with Crippen molar-refractivity contribution < 1.29 is 9.13 Å². The van der Waals surface area contributed by atoms with Gasteiger partial charge in [-0.15, -0.1) is 0 Å². The summed E-state index contributed by atoms with van der Waals surface area (Å²) >= 11 is 0. The van der Waals surface area contributed by atoms with Crippen molar-refractivity contribution in [2.75, 3.05) is 12.3 Å². The lowest BCUT2D eigenvalue weighted by Crippen LogP contribution is -2.37. The Morgan fingerprint density at radius 1 is 1.43 bits per heavy atom. The fourth-order valence-corrected chi connectivity index (χ4v) is 0.939. The molecule has 0 aliphatic carbocycles. The molecule has 4 N–H and O–H groups in total. The zero-order valence-corrected chi connectivity index (χ0v) is 8.38. The van der Waals surface area contributed by atoms with Crippen molar-refractivity contribution in [3.05, 3.63) is 24.0 Å². The van der Waals surface area contributed by atoms with Crippen molar-refractivity contribution in [3.63, 3.8) is 0 Å². The molecule has 1 aromatic rings. The predicted molar refractivity (Wildman–Crippen MR) is 54.6 cm³/mol. The van der Waals surface area contributed by atoms with E-state index in [1.807, 2.05) is 0 Å². The maximum absolute atomic E-state index is 13.3. The van der Waals surface area contributed by atoms with Crippen LogP contribution in [0.4, 0.5) is 10.1 Å². The van der Waals surface area contributed by atoms with Gasteiger partial charge in [0.1, 0.15) is 5.60 Å². The number of hydrogen-bond acceptors (Lipinski definition) is 3. The first-order valence-corrected chi connectivity index (χ1v) is 4.39. The molecule has 0 radical (unpaired) electrons. The minimum Gasteiger partial charge on any atom is -0.483 e. The van der Waals surface area contributed by atoms with E-state index < -0.39 is 11.4 Å². The van der Waals surface area contributed by atoms with Crippen LogP contribution in [0, 0.1) is 5.82 Å². The summed E-state index contributed by atoms with van der Waals surface area (Å²) in [5.41, 5.74) is 10.7. The molecule has 0 fully saturated rings. The Kier molecular flexibility index (Phi) is 2.96. The van der Waals surface area contributed by atoms with Crippen molar-refractivity contribution >= 4 is 5.69 Å². The zero-order chi connectivity index (χ0) is 10.8. The zero-order valence-electron chi connectivity index (χ0n) is 8.38. The Hall–Kier alpha value is -1.29. The van der Waals surface area contributed by atoms with Crippen LogP contribution in [-0.4, -0.2) is 12.1 Å². The van der Waals surface area contributed by atoms with Gasteiger partial charge in [-0.25, -0.2) is 4.39 Å². The fourth-order valence-electron chi connectivity index (χ4n) is 0.939. The van der Waals surface area contributed by atoms with Gasteiger partial charge >= 0.3 is 0 Å². The molecule has 0 aliphatic heterocycles. The summed E-state index contributed by atoms with van der Waals surface area (Å²) < 4.78 is 18.7. The van der Waals surface area contributed by atoms with Crippen molar-refractivity contribution in [2.45, 2.75) is 19.4 Å². The van der Waals surface area contributed by atoms with Gasteiger partial charge in [-0.05, 0) is 26.0 Å². The van der Waals surface area contributed by atoms with E-state index in [1.165, 1.54) is 12.1 Å². The quantitative estimate of drug-likeness (QED) is 0.724. The number of halogens is 1. The minimum absolute atomic E-state index is 0.176. The number of benzene rings is 1. The van der Waals surface area contributed by atoms with E-state index in [2.05, 4.69) is 0 Å². The molecule has 78 valence electrons. The first-order chi connectivity index (χ1) is 6.44. The van der Waals surface area contributed by atoms with Crippen LogP contribution in [0.25, 0.3) is 0 Å². The number of nitrogens with two attached hydrogens (primary N) is 2. The summed E-state index contributed by atoms with van der Waals surface area (Å²) in [5, 5.41) is 0. The standard InChI is InChI=1S/C10H15FN2O/c1-10(2,6-12)14-9-4-3-7(13)5-8(9)11/h3-5H,6,12-13H2,1-2H3. The van der Waals surface area contributed by atoms with Gasteiger partial charge in [-0.1, -0.05) is 0 Å². The third kappa shape index (κ3) is 2.60. The van der Waals surface area contributed by atoms with Crippen molar-refractivity contribution in [2.24, 2.45) is 5.73 Å². The molecule has 14 heavy (non-hydrogen) atoms. The van der Waals surface area contributed by atoms with E-state index in [1.54, 1.807) is 19.9 Å². The highest BCUT2D eigenvalue weighted by molar-refractivity contribution is 5.42. The third-order valence-corrected chi connectivity index (χ3v) is 1.83. The van der Waals surface area contributed by atoms with Gasteiger partial charge in [-0.3, -0.25) is 0 Å². The van der Waals surface area contributed by atoms with E-state index in [-0.39, 0.29) is 5.75 Å². The molecule has 3 nitrogen and oxygen atoms in total. The average molecular weight is 198 g/mol. The van der Waals surface area contributed by atoms with Crippen molar-refractivity contribution in [1.82, 2.24) is 0 Å². The molecular formula is C10H15FN2O. The van der Waals surface area contributed by atoms with Crippen LogP contribution >= 0.6 is 0 Å². The summed E-state index contributed by atoms with van der Waals surface area (Å²) in [6.07, 6.45) is 0. The monoisotopic (exact) mass is 198 g/mol. The molecule has 0 saturated carbocycles. The molecule has 0 saturated heterocycles. The lowest BCUT2D eigenvalue weighted by molar-refractivity contribution is 0.113. The van der Waals surface area contributed by atoms with Crippen LogP contribution in [0.1, 0.15) is 13.8 Å². The second-order valence-electron chi connectivity index (χ2n) is 3.76. The van der Waals surface area contributed by atoms with Gasteiger partial charge < -0.3 is 16.2 Å². The van der Waals surface area contributed by atoms with Crippen molar-refractivity contribution in [3.8, 4) is 5.75 Å². The number of hydrogen-bond donors (Lipinski definition) is 2. The number of rotatable bonds is 3. The fraction of sp³-hybridized carbons (Fsp3) is 0.400. The van der Waals surface area contributed by atoms with Crippen LogP contribution < -0.4 is 16.2 Å². The Morgan fingerprint density at radius 3 is 2.57 bits per heavy atom. The van der Waals surface area contributed by atoms with Gasteiger partial charge in [-0.2, -0.15) is 0 Å². The molecule has 0 aromatic heterocycles. The average Bonchev–Trinajstić information content (AvgIpc) is 2.10. The van der Waals surface area contributed by atoms with Crippen molar-refractivity contribution in [1.29, 1.82) is 0 Å². The van der Waals surface area contributed by atoms with E-state index in [4.69, 9.17) is 16.2 Å². The van der Waals surface area contributed by atoms with E-state index in [0.717, 1.165) is 0 Å². The SMILES string of the molecule is CC(C)(CN)Oc1ccc(N)cc1F. The van der Waals surface area contributed by atoms with E-state index >= 15 is 0 Å². The normalized spacial score (nSPS) is 11.4. The summed E-state index contributed by atoms with van der Waals surface area (Å²) in [6, 6.07) is 4.31. The highest BCUT2D eigenvalue weighted by Gasteiger charge is 2.19. The largest absolute Gasteiger partial charge is 0.483 e. The molecule has 0 spiro atoms. The molecule has 1 aromatic carbocycles. The Bertz CT molecular complexity index is 326. The summed E-state index contributed by atoms with van der Waals surface area (Å²) in [6.45, 7) is 3.91. The molecule has 4 heteroatoms. The van der Waals surface area contributed by atoms with Crippen LogP contribution in [0.15, 0.2) is 18.2 Å². The Labute approximate surface area is 82.9 Å².